The molecule has 0 saturated heterocycles. The fourth-order valence-electron chi connectivity index (χ4n) is 3.86. The summed E-state index contributed by atoms with van der Waals surface area (Å²) in [5.41, 5.74) is 2.62. The van der Waals surface area contributed by atoms with Gasteiger partial charge in [-0.3, -0.25) is 14.7 Å². The van der Waals surface area contributed by atoms with E-state index < -0.39 is 0 Å². The second-order valence-corrected chi connectivity index (χ2v) is 8.20. The van der Waals surface area contributed by atoms with Gasteiger partial charge >= 0.3 is 0 Å². The van der Waals surface area contributed by atoms with Crippen LogP contribution in [0.25, 0.3) is 22.4 Å². The standard InChI is InChI=1S/C24H26FN5O3/c1-15-20(21-22(33-15)26-14-30(3)24(21)32)23(31)29(2)11-6-4-5-10-18-13-19(28-27-18)16-8-7-9-17(25)12-16/h7-9,12-14H,4-6,10-11H2,1-3H3,(H,27,28). The van der Waals surface area contributed by atoms with Crippen molar-refractivity contribution in [3.05, 3.63) is 69.8 Å². The largest absolute Gasteiger partial charge is 0.442 e. The lowest BCUT2D eigenvalue weighted by Crippen LogP contribution is -2.29. The third-order valence-corrected chi connectivity index (χ3v) is 5.70. The third kappa shape index (κ3) is 4.72. The maximum atomic E-state index is 13.4. The van der Waals surface area contributed by atoms with Crippen LogP contribution in [0.2, 0.25) is 0 Å². The van der Waals surface area contributed by atoms with Gasteiger partial charge in [-0.15, -0.1) is 0 Å². The minimum absolute atomic E-state index is 0.185. The Bertz CT molecular complexity index is 1350. The number of hydrogen-bond acceptors (Lipinski definition) is 5. The maximum absolute atomic E-state index is 13.4. The number of aromatic amines is 1. The Morgan fingerprint density at radius 2 is 2.06 bits per heavy atom. The summed E-state index contributed by atoms with van der Waals surface area (Å²) in [6, 6.07) is 8.30. The monoisotopic (exact) mass is 451 g/mol. The molecule has 0 fully saturated rings. The molecule has 3 heterocycles. The zero-order valence-corrected chi connectivity index (χ0v) is 18.9. The minimum atomic E-state index is -0.300. The number of nitrogens with one attached hydrogen (secondary N) is 1. The van der Waals surface area contributed by atoms with E-state index in [0.29, 0.717) is 12.3 Å². The Labute approximate surface area is 190 Å². The topological polar surface area (TPSA) is 97.0 Å². The van der Waals surface area contributed by atoms with Crippen LogP contribution < -0.4 is 5.56 Å². The number of nitrogens with zero attached hydrogens (tertiary/aromatic N) is 4. The van der Waals surface area contributed by atoms with Crippen molar-refractivity contribution in [1.82, 2.24) is 24.6 Å². The average Bonchev–Trinajstić information content (AvgIpc) is 3.40. The number of carbonyl (C=O) groups is 1. The summed E-state index contributed by atoms with van der Waals surface area (Å²) in [6.45, 7) is 2.23. The highest BCUT2D eigenvalue weighted by Gasteiger charge is 2.24. The van der Waals surface area contributed by atoms with Crippen LogP contribution in [0, 0.1) is 12.7 Å². The summed E-state index contributed by atoms with van der Waals surface area (Å²) < 4.78 is 20.3. The number of unbranched alkanes of at least 4 members (excludes halogenated alkanes) is 2. The predicted octanol–water partition coefficient (Wildman–Crippen LogP) is 3.85. The molecule has 9 heteroatoms. The van der Waals surface area contributed by atoms with Gasteiger partial charge < -0.3 is 13.9 Å². The number of H-pyrrole nitrogens is 1. The van der Waals surface area contributed by atoms with Crippen molar-refractivity contribution in [3.8, 4) is 11.3 Å². The van der Waals surface area contributed by atoms with E-state index in [1.54, 1.807) is 32.0 Å². The highest BCUT2D eigenvalue weighted by molar-refractivity contribution is 6.06. The van der Waals surface area contributed by atoms with Gasteiger partial charge in [-0.25, -0.2) is 9.37 Å². The first-order valence-electron chi connectivity index (χ1n) is 10.9. The van der Waals surface area contributed by atoms with E-state index in [1.807, 2.05) is 12.1 Å². The molecule has 0 spiro atoms. The van der Waals surface area contributed by atoms with Crippen molar-refractivity contribution in [2.45, 2.75) is 32.6 Å². The molecule has 172 valence electrons. The molecular formula is C24H26FN5O3. The molecule has 0 unspecified atom stereocenters. The Hall–Kier alpha value is -3.75. The van der Waals surface area contributed by atoms with Gasteiger partial charge in [-0.2, -0.15) is 5.10 Å². The van der Waals surface area contributed by atoms with Crippen molar-refractivity contribution in [3.63, 3.8) is 0 Å². The fraction of sp³-hybridized carbons (Fsp3) is 0.333. The number of fused-ring (bicyclic) bond motifs is 1. The number of halogens is 1. The van der Waals surface area contributed by atoms with Crippen LogP contribution in [-0.2, 0) is 13.5 Å². The van der Waals surface area contributed by atoms with Gasteiger partial charge in [0.15, 0.2) is 0 Å². The molecule has 0 radical (unpaired) electrons. The van der Waals surface area contributed by atoms with Crippen LogP contribution in [0.1, 0.15) is 41.1 Å². The quantitative estimate of drug-likeness (QED) is 0.411. The van der Waals surface area contributed by atoms with Crippen molar-refractivity contribution in [1.29, 1.82) is 0 Å². The average molecular weight is 452 g/mol. The normalized spacial score (nSPS) is 11.3. The zero-order valence-electron chi connectivity index (χ0n) is 18.9. The zero-order chi connectivity index (χ0) is 23.5. The molecule has 0 aliphatic carbocycles. The van der Waals surface area contributed by atoms with Crippen molar-refractivity contribution >= 4 is 17.0 Å². The summed E-state index contributed by atoms with van der Waals surface area (Å²) in [6.07, 6.45) is 4.85. The number of hydrogen-bond donors (Lipinski definition) is 1. The molecule has 1 N–H and O–H groups in total. The molecule has 1 amide bonds. The van der Waals surface area contributed by atoms with E-state index >= 15 is 0 Å². The molecule has 0 atom stereocenters. The highest BCUT2D eigenvalue weighted by atomic mass is 19.1. The van der Waals surface area contributed by atoms with Crippen LogP contribution in [-0.4, -0.2) is 44.1 Å². The number of carbonyl (C=O) groups excluding carboxylic acids is 1. The fourth-order valence-corrected chi connectivity index (χ4v) is 3.86. The van der Waals surface area contributed by atoms with E-state index in [-0.39, 0.29) is 33.9 Å². The summed E-state index contributed by atoms with van der Waals surface area (Å²) in [4.78, 5) is 31.2. The van der Waals surface area contributed by atoms with E-state index in [4.69, 9.17) is 4.42 Å². The summed E-state index contributed by atoms with van der Waals surface area (Å²) in [5.74, 6) is -0.137. The predicted molar refractivity (Wildman–Crippen MR) is 122 cm³/mol. The van der Waals surface area contributed by atoms with Crippen LogP contribution in [0.4, 0.5) is 4.39 Å². The molecule has 33 heavy (non-hydrogen) atoms. The second-order valence-electron chi connectivity index (χ2n) is 8.20. The van der Waals surface area contributed by atoms with E-state index in [2.05, 4.69) is 15.2 Å². The number of aryl methyl sites for hydroxylation is 3. The molecule has 0 bridgehead atoms. The first-order valence-corrected chi connectivity index (χ1v) is 10.9. The molecule has 4 rings (SSSR count). The van der Waals surface area contributed by atoms with Gasteiger partial charge in [0.2, 0.25) is 5.71 Å². The second kappa shape index (κ2) is 9.40. The van der Waals surface area contributed by atoms with E-state index in [9.17, 15) is 14.0 Å². The molecule has 4 aromatic rings. The van der Waals surface area contributed by atoms with Crippen molar-refractivity contribution in [2.75, 3.05) is 13.6 Å². The first-order chi connectivity index (χ1) is 15.8. The molecule has 8 nitrogen and oxygen atoms in total. The number of amides is 1. The Balaban J connectivity index is 1.30. The lowest BCUT2D eigenvalue weighted by molar-refractivity contribution is 0.0792. The van der Waals surface area contributed by atoms with Gasteiger partial charge in [-0.05, 0) is 44.4 Å². The van der Waals surface area contributed by atoms with E-state index in [0.717, 1.165) is 42.6 Å². The maximum Gasteiger partial charge on any atom is 0.265 e. The lowest BCUT2D eigenvalue weighted by Gasteiger charge is -2.16. The van der Waals surface area contributed by atoms with Gasteiger partial charge in [0, 0.05) is 31.9 Å². The molecule has 0 saturated carbocycles. The number of furan rings is 1. The lowest BCUT2D eigenvalue weighted by atomic mass is 10.1. The Morgan fingerprint density at radius 1 is 1.24 bits per heavy atom. The number of rotatable bonds is 8. The molecular weight excluding hydrogens is 425 g/mol. The Kier molecular flexibility index (Phi) is 6.39. The van der Waals surface area contributed by atoms with Gasteiger partial charge in [0.05, 0.1) is 11.3 Å². The highest BCUT2D eigenvalue weighted by Crippen LogP contribution is 2.23. The van der Waals surface area contributed by atoms with E-state index in [1.165, 1.54) is 23.0 Å². The molecule has 1 aromatic carbocycles. The summed E-state index contributed by atoms with van der Waals surface area (Å²) in [5, 5.41) is 7.50. The first kappa shape index (κ1) is 22.4. The van der Waals surface area contributed by atoms with Gasteiger partial charge in [0.1, 0.15) is 23.3 Å². The number of benzene rings is 1. The van der Waals surface area contributed by atoms with Crippen LogP contribution in [0.15, 0.2) is 45.9 Å². The SMILES string of the molecule is Cc1oc2ncn(C)c(=O)c2c1C(=O)N(C)CCCCCc1cc(-c2cccc(F)c2)n[nH]1. The van der Waals surface area contributed by atoms with Gasteiger partial charge in [-0.1, -0.05) is 18.6 Å². The molecule has 0 aliphatic heterocycles. The van der Waals surface area contributed by atoms with Crippen LogP contribution in [0.3, 0.4) is 0 Å². The van der Waals surface area contributed by atoms with Crippen molar-refractivity contribution < 1.29 is 13.6 Å². The smallest absolute Gasteiger partial charge is 0.265 e. The molecule has 3 aromatic heterocycles. The van der Waals surface area contributed by atoms with Gasteiger partial charge in [0.25, 0.3) is 11.5 Å². The van der Waals surface area contributed by atoms with Crippen LogP contribution >= 0.6 is 0 Å². The number of aromatic nitrogens is 4. The summed E-state index contributed by atoms with van der Waals surface area (Å²) in [7, 11) is 3.32. The molecule has 0 aliphatic rings. The van der Waals surface area contributed by atoms with Crippen molar-refractivity contribution in [2.24, 2.45) is 7.05 Å². The minimum Gasteiger partial charge on any atom is -0.442 e. The Morgan fingerprint density at radius 3 is 2.85 bits per heavy atom. The third-order valence-electron chi connectivity index (χ3n) is 5.70. The summed E-state index contributed by atoms with van der Waals surface area (Å²) >= 11 is 0. The van der Waals surface area contributed by atoms with Crippen LogP contribution in [0.5, 0.6) is 0 Å².